The summed E-state index contributed by atoms with van der Waals surface area (Å²) in [6.07, 6.45) is -0.0171. The van der Waals surface area contributed by atoms with Gasteiger partial charge in [-0.1, -0.05) is 28.3 Å². The molecule has 0 radical (unpaired) electrons. The minimum absolute atomic E-state index is 0.0171. The van der Waals surface area contributed by atoms with Gasteiger partial charge in [0.2, 0.25) is 5.58 Å². The lowest BCUT2D eigenvalue weighted by molar-refractivity contribution is -0.605. The minimum Gasteiger partial charge on any atom is -0.397 e. The van der Waals surface area contributed by atoms with E-state index in [0.29, 0.717) is 49.1 Å². The Bertz CT molecular complexity index is 2600. The number of oxazole rings is 1. The second kappa shape index (κ2) is 14.4. The topological polar surface area (TPSA) is 266 Å². The van der Waals surface area contributed by atoms with Crippen molar-refractivity contribution in [3.63, 3.8) is 0 Å². The Kier molecular flexibility index (Phi) is 9.91. The number of benzene rings is 5. The number of anilines is 1. The van der Waals surface area contributed by atoms with Crippen molar-refractivity contribution in [1.82, 2.24) is 0 Å². The first-order chi connectivity index (χ1) is 25.0. The van der Waals surface area contributed by atoms with Crippen LogP contribution in [-0.4, -0.2) is 44.3 Å². The second-order valence-electron chi connectivity index (χ2n) is 10.5. The number of aromatic nitrogens is 1. The molecule has 0 spiro atoms. The van der Waals surface area contributed by atoms with Crippen LogP contribution >= 0.6 is 24.1 Å². The van der Waals surface area contributed by atoms with E-state index < -0.39 is 32.6 Å². The fraction of sp³-hybridized carbons (Fsp3) is 0.0690. The van der Waals surface area contributed by atoms with Crippen molar-refractivity contribution in [2.24, 2.45) is 10.2 Å². The Morgan fingerprint density at radius 3 is 2.27 bits per heavy atom. The Morgan fingerprint density at radius 1 is 0.846 bits per heavy atom. The molecular weight excluding hydrogens is 771 g/mol. The number of nitrogens with zero attached hydrogens (tertiary/aromatic N) is 4. The molecule has 0 atom stereocenters. The van der Waals surface area contributed by atoms with Gasteiger partial charge in [0.05, 0.1) is 63.0 Å². The zero-order chi connectivity index (χ0) is 36.6. The standard InChI is InChI=1S/C29H21N5O14S4/c30-21-10-9-19-20(25(21)32-31-15-5-7-16(8-6-15)51(37,38)12-11-42-52(39,40)41)13-24(50-48-46-36)26-28(19)44-29-34(33-26)27-18-4-2-1-3-17(18)23(49-47-45-35)14-22(27)43-29/h1-10,13-14,35-36H,11-12,30H2,(H,39,40,41). The summed E-state index contributed by atoms with van der Waals surface area (Å²) in [7, 11) is -8.75. The monoisotopic (exact) mass is 791 g/mol. The van der Waals surface area contributed by atoms with E-state index in [1.165, 1.54) is 28.9 Å². The van der Waals surface area contributed by atoms with E-state index in [2.05, 4.69) is 28.8 Å². The van der Waals surface area contributed by atoms with Gasteiger partial charge in [-0.2, -0.15) is 18.2 Å². The summed E-state index contributed by atoms with van der Waals surface area (Å²) in [5.74, 6) is -0.496. The third kappa shape index (κ3) is 7.07. The highest BCUT2D eigenvalue weighted by atomic mass is 32.3. The van der Waals surface area contributed by atoms with Crippen LogP contribution in [0.25, 0.3) is 38.1 Å². The van der Waals surface area contributed by atoms with Gasteiger partial charge >= 0.3 is 16.5 Å². The summed E-state index contributed by atoms with van der Waals surface area (Å²) in [6, 6.07) is 19.1. The smallest absolute Gasteiger partial charge is 0.397 e. The first kappa shape index (κ1) is 35.8. The summed E-state index contributed by atoms with van der Waals surface area (Å²) < 4.78 is 82.7. The molecule has 52 heavy (non-hydrogen) atoms. The molecular formula is C29H21N5O14S4. The first-order valence-electron chi connectivity index (χ1n) is 14.3. The van der Waals surface area contributed by atoms with E-state index >= 15 is 0 Å². The van der Waals surface area contributed by atoms with Gasteiger partial charge in [-0.15, -0.1) is 13.8 Å². The number of hydrogen-bond acceptors (Lipinski definition) is 18. The van der Waals surface area contributed by atoms with Gasteiger partial charge in [0.15, 0.2) is 9.84 Å². The molecule has 5 N–H and O–H groups in total. The van der Waals surface area contributed by atoms with Crippen LogP contribution in [0.1, 0.15) is 0 Å². The molecule has 19 nitrogen and oxygen atoms in total. The number of sulfone groups is 1. The minimum atomic E-state index is -4.79. The fourth-order valence-corrected chi connectivity index (χ4v) is 7.82. The summed E-state index contributed by atoms with van der Waals surface area (Å²) in [6.45, 7) is -0.774. The molecule has 7 rings (SSSR count). The van der Waals surface area contributed by atoms with Gasteiger partial charge < -0.3 is 20.3 Å². The summed E-state index contributed by atoms with van der Waals surface area (Å²) >= 11 is 1.38. The van der Waals surface area contributed by atoms with Crippen molar-refractivity contribution in [3.8, 4) is 11.8 Å². The lowest BCUT2D eigenvalue weighted by atomic mass is 10.0. The normalized spacial score (nSPS) is 13.1. The maximum absolute atomic E-state index is 12.6. The van der Waals surface area contributed by atoms with Crippen LogP contribution in [-0.2, 0) is 43.2 Å². The molecule has 0 fully saturated rings. The summed E-state index contributed by atoms with van der Waals surface area (Å²) in [5.41, 5.74) is 13.0. The molecule has 6 aromatic rings. The molecule has 0 saturated heterocycles. The molecule has 1 aliphatic rings. The van der Waals surface area contributed by atoms with Crippen molar-refractivity contribution >= 4 is 99.7 Å². The fourth-order valence-electron chi connectivity index (χ4n) is 5.32. The maximum Gasteiger partial charge on any atom is 0.562 e. The predicted molar refractivity (Wildman–Crippen MR) is 182 cm³/mol. The Morgan fingerprint density at radius 2 is 1.56 bits per heavy atom. The highest BCUT2D eigenvalue weighted by Crippen LogP contribution is 2.52. The molecule has 0 bridgehead atoms. The molecule has 5 aromatic carbocycles. The van der Waals surface area contributed by atoms with Gasteiger partial charge in [-0.25, -0.2) is 23.1 Å². The molecule has 0 saturated carbocycles. The highest BCUT2D eigenvalue weighted by molar-refractivity contribution is 7.95. The van der Waals surface area contributed by atoms with Crippen LogP contribution in [0.3, 0.4) is 0 Å². The van der Waals surface area contributed by atoms with Crippen LogP contribution in [0.4, 0.5) is 22.7 Å². The Hall–Kier alpha value is -4.63. The van der Waals surface area contributed by atoms with E-state index in [1.807, 2.05) is 24.3 Å². The summed E-state index contributed by atoms with van der Waals surface area (Å²) in [5, 5.41) is 36.2. The maximum atomic E-state index is 12.6. The van der Waals surface area contributed by atoms with Crippen LogP contribution in [0.2, 0.25) is 0 Å². The van der Waals surface area contributed by atoms with E-state index in [4.69, 9.17) is 39.7 Å². The van der Waals surface area contributed by atoms with Crippen molar-refractivity contribution in [2.75, 3.05) is 18.1 Å². The Balaban J connectivity index is 1.26. The Labute approximate surface area is 300 Å². The average molecular weight is 792 g/mol. The SMILES string of the molecule is Nc1ccc2c3c(c(SOOO)cc2c1N=Nc1ccc(S(=O)(=O)CCOS(=O)(=O)O)cc1)[N-][n+]1c(oc2cc(SOOO)c4ccccc4c21)O3. The number of fused-ring (bicyclic) bond motifs is 8. The molecule has 0 aliphatic carbocycles. The third-order valence-corrected chi connectivity index (χ3v) is 10.9. The number of hydrogen-bond donors (Lipinski definition) is 4. The van der Waals surface area contributed by atoms with Crippen LogP contribution in [0, 0.1) is 0 Å². The number of rotatable bonds is 13. The van der Waals surface area contributed by atoms with Crippen molar-refractivity contribution in [1.29, 1.82) is 0 Å². The largest absolute Gasteiger partial charge is 0.562 e. The predicted octanol–water partition coefficient (Wildman–Crippen LogP) is 7.05. The number of nitrogens with two attached hydrogens (primary N) is 1. The number of azo groups is 1. The molecule has 0 unspecified atom stereocenters. The van der Waals surface area contributed by atoms with Gasteiger partial charge in [-0.05, 0) is 54.2 Å². The number of ether oxygens (including phenoxy) is 1. The van der Waals surface area contributed by atoms with Crippen LogP contribution in [0.5, 0.6) is 11.8 Å². The average Bonchev–Trinajstić information content (AvgIpc) is 3.48. The van der Waals surface area contributed by atoms with Crippen LogP contribution in [0.15, 0.2) is 102 Å². The molecule has 270 valence electrons. The van der Waals surface area contributed by atoms with E-state index in [-0.39, 0.29) is 39.5 Å². The second-order valence-corrected chi connectivity index (χ2v) is 15.2. The van der Waals surface area contributed by atoms with Gasteiger partial charge in [0, 0.05) is 27.1 Å². The van der Waals surface area contributed by atoms with E-state index in [9.17, 15) is 16.8 Å². The van der Waals surface area contributed by atoms with Crippen molar-refractivity contribution in [2.45, 2.75) is 14.7 Å². The van der Waals surface area contributed by atoms with Crippen molar-refractivity contribution < 1.29 is 68.7 Å². The van der Waals surface area contributed by atoms with Gasteiger partial charge in [0.1, 0.15) is 11.4 Å². The highest BCUT2D eigenvalue weighted by Gasteiger charge is 2.31. The van der Waals surface area contributed by atoms with Gasteiger partial charge in [-0.3, -0.25) is 4.55 Å². The van der Waals surface area contributed by atoms with E-state index in [1.54, 1.807) is 24.3 Å². The molecule has 1 aliphatic heterocycles. The number of nitrogen functional groups attached to an aromatic ring is 1. The van der Waals surface area contributed by atoms with Crippen LogP contribution < -0.4 is 15.1 Å². The summed E-state index contributed by atoms with van der Waals surface area (Å²) in [4.78, 5) is 0.709. The van der Waals surface area contributed by atoms with Gasteiger partial charge in [0.25, 0.3) is 5.52 Å². The lowest BCUT2D eigenvalue weighted by Crippen LogP contribution is -2.31. The first-order valence-corrected chi connectivity index (χ1v) is 18.8. The lowest BCUT2D eigenvalue weighted by Gasteiger charge is -2.26. The molecule has 0 amide bonds. The molecule has 23 heteroatoms. The van der Waals surface area contributed by atoms with Crippen molar-refractivity contribution in [3.05, 3.63) is 78.2 Å². The molecule has 1 aromatic heterocycles. The molecule has 2 heterocycles. The van der Waals surface area contributed by atoms with E-state index in [0.717, 1.165) is 17.4 Å². The zero-order valence-corrected chi connectivity index (χ0v) is 28.9. The third-order valence-electron chi connectivity index (χ3n) is 7.49. The quantitative estimate of drug-likeness (QED) is 0.0173. The zero-order valence-electron chi connectivity index (χ0n) is 25.7.